The molecule has 2 aromatic rings. The molecule has 6 nitrogen and oxygen atoms in total. The van der Waals surface area contributed by atoms with E-state index in [0.29, 0.717) is 23.5 Å². The number of carbonyl (C=O) groups excluding carboxylic acids is 2. The van der Waals surface area contributed by atoms with Crippen molar-refractivity contribution >= 4 is 17.4 Å². The number of ketones is 1. The molecular formula is C18H18N2O4. The number of likely N-dealkylation sites (N-methyl/N-ethyl adjacent to an activating group) is 1. The molecule has 1 aliphatic heterocycles. The summed E-state index contributed by atoms with van der Waals surface area (Å²) < 4.78 is 6.78. The van der Waals surface area contributed by atoms with Crippen LogP contribution in [0.3, 0.4) is 0 Å². The van der Waals surface area contributed by atoms with Gasteiger partial charge in [0.15, 0.2) is 12.4 Å². The molecular weight excluding hydrogens is 308 g/mol. The van der Waals surface area contributed by atoms with Gasteiger partial charge in [-0.25, -0.2) is 0 Å². The maximum absolute atomic E-state index is 12.5. The van der Waals surface area contributed by atoms with Crippen LogP contribution in [0, 0.1) is 6.92 Å². The van der Waals surface area contributed by atoms with Crippen molar-refractivity contribution in [1.29, 1.82) is 0 Å². The lowest BCUT2D eigenvalue weighted by Crippen LogP contribution is -2.38. The molecule has 0 aliphatic carbocycles. The number of nitrogens with zero attached hydrogens (tertiary/aromatic N) is 2. The van der Waals surface area contributed by atoms with Crippen LogP contribution in [0.1, 0.15) is 22.8 Å². The summed E-state index contributed by atoms with van der Waals surface area (Å²) in [4.78, 5) is 37.9. The molecule has 3 rings (SSSR count). The lowest BCUT2D eigenvalue weighted by atomic mass is 10.1. The lowest BCUT2D eigenvalue weighted by Gasteiger charge is -2.28. The zero-order valence-electron chi connectivity index (χ0n) is 13.6. The first-order chi connectivity index (χ1) is 11.5. The first-order valence-electron chi connectivity index (χ1n) is 7.77. The maximum atomic E-state index is 12.5. The number of carbonyl (C=O) groups is 2. The molecule has 0 atom stereocenters. The van der Waals surface area contributed by atoms with Crippen molar-refractivity contribution in [1.82, 2.24) is 4.57 Å². The molecule has 6 heteroatoms. The summed E-state index contributed by atoms with van der Waals surface area (Å²) in [6.45, 7) is 4.20. The van der Waals surface area contributed by atoms with Gasteiger partial charge in [0.2, 0.25) is 0 Å². The summed E-state index contributed by atoms with van der Waals surface area (Å²) in [6.07, 6.45) is 1.66. The van der Waals surface area contributed by atoms with E-state index in [-0.39, 0.29) is 30.4 Å². The summed E-state index contributed by atoms with van der Waals surface area (Å²) in [5.41, 5.74) is 1.72. The fourth-order valence-electron chi connectivity index (χ4n) is 2.74. The van der Waals surface area contributed by atoms with Crippen LogP contribution in [0.15, 0.2) is 41.3 Å². The van der Waals surface area contributed by atoms with Gasteiger partial charge in [-0.05, 0) is 37.6 Å². The monoisotopic (exact) mass is 326 g/mol. The van der Waals surface area contributed by atoms with Crippen LogP contribution in [0.5, 0.6) is 5.75 Å². The number of hydrogen-bond acceptors (Lipinski definition) is 4. The van der Waals surface area contributed by atoms with Gasteiger partial charge in [0, 0.05) is 24.4 Å². The Bertz CT molecular complexity index is 870. The summed E-state index contributed by atoms with van der Waals surface area (Å²) in [7, 11) is 0. The van der Waals surface area contributed by atoms with Crippen molar-refractivity contribution in [2.24, 2.45) is 0 Å². The van der Waals surface area contributed by atoms with Gasteiger partial charge in [0.1, 0.15) is 5.75 Å². The largest absolute Gasteiger partial charge is 0.482 e. The Labute approximate surface area is 139 Å². The number of Topliss-reactive ketones (excluding diaryl/α,β-unsaturated/α-hetero) is 1. The molecule has 0 unspecified atom stereocenters. The second-order valence-electron chi connectivity index (χ2n) is 5.70. The summed E-state index contributed by atoms with van der Waals surface area (Å²) >= 11 is 0. The summed E-state index contributed by atoms with van der Waals surface area (Å²) in [6, 6.07) is 8.16. The number of fused-ring (bicyclic) bond motifs is 1. The predicted molar refractivity (Wildman–Crippen MR) is 89.7 cm³/mol. The van der Waals surface area contributed by atoms with E-state index in [4.69, 9.17) is 4.74 Å². The van der Waals surface area contributed by atoms with Gasteiger partial charge in [0.05, 0.1) is 12.2 Å². The van der Waals surface area contributed by atoms with E-state index in [2.05, 4.69) is 0 Å². The van der Waals surface area contributed by atoms with Crippen LogP contribution in [0.25, 0.3) is 0 Å². The van der Waals surface area contributed by atoms with Crippen molar-refractivity contribution in [3.63, 3.8) is 0 Å². The maximum Gasteiger partial charge on any atom is 0.265 e. The van der Waals surface area contributed by atoms with E-state index < -0.39 is 0 Å². The number of anilines is 1. The van der Waals surface area contributed by atoms with Crippen molar-refractivity contribution in [3.05, 3.63) is 58.0 Å². The van der Waals surface area contributed by atoms with Gasteiger partial charge in [-0.1, -0.05) is 6.07 Å². The Kier molecular flexibility index (Phi) is 4.20. The Hall–Kier alpha value is -2.89. The fraction of sp³-hybridized carbons (Fsp3) is 0.278. The zero-order chi connectivity index (χ0) is 17.3. The molecule has 124 valence electrons. The molecule has 1 aliphatic rings. The highest BCUT2D eigenvalue weighted by Crippen LogP contribution is 2.32. The second-order valence-corrected chi connectivity index (χ2v) is 5.70. The normalized spacial score (nSPS) is 13.4. The Balaban J connectivity index is 1.91. The van der Waals surface area contributed by atoms with Crippen molar-refractivity contribution in [3.8, 4) is 5.75 Å². The van der Waals surface area contributed by atoms with Gasteiger partial charge < -0.3 is 14.2 Å². The molecule has 0 saturated heterocycles. The number of hydrogen-bond donors (Lipinski definition) is 0. The highest BCUT2D eigenvalue weighted by molar-refractivity contribution is 6.01. The number of ether oxygens (including phenoxy) is 1. The molecule has 2 heterocycles. The Morgan fingerprint density at radius 1 is 1.21 bits per heavy atom. The third-order valence-electron chi connectivity index (χ3n) is 3.99. The number of aryl methyl sites for hydroxylation is 1. The van der Waals surface area contributed by atoms with Crippen LogP contribution < -0.4 is 15.2 Å². The third-order valence-corrected chi connectivity index (χ3v) is 3.99. The molecule has 24 heavy (non-hydrogen) atoms. The zero-order valence-corrected chi connectivity index (χ0v) is 13.6. The average molecular weight is 326 g/mol. The topological polar surface area (TPSA) is 68.6 Å². The quantitative estimate of drug-likeness (QED) is 0.803. The minimum absolute atomic E-state index is 0.00676. The Morgan fingerprint density at radius 2 is 2.00 bits per heavy atom. The third kappa shape index (κ3) is 2.95. The van der Waals surface area contributed by atoms with Crippen LogP contribution in [-0.4, -0.2) is 29.4 Å². The highest BCUT2D eigenvalue weighted by Gasteiger charge is 2.25. The van der Waals surface area contributed by atoms with E-state index >= 15 is 0 Å². The van der Waals surface area contributed by atoms with Crippen LogP contribution in [-0.2, 0) is 11.3 Å². The number of rotatable bonds is 4. The van der Waals surface area contributed by atoms with E-state index in [9.17, 15) is 14.4 Å². The van der Waals surface area contributed by atoms with E-state index in [1.54, 1.807) is 35.4 Å². The molecule has 0 bridgehead atoms. The van der Waals surface area contributed by atoms with Crippen LogP contribution in [0.2, 0.25) is 0 Å². The molecule has 0 fully saturated rings. The first-order valence-corrected chi connectivity index (χ1v) is 7.77. The Morgan fingerprint density at radius 3 is 2.75 bits per heavy atom. The minimum Gasteiger partial charge on any atom is -0.482 e. The van der Waals surface area contributed by atoms with Crippen molar-refractivity contribution < 1.29 is 14.3 Å². The van der Waals surface area contributed by atoms with Gasteiger partial charge in [-0.3, -0.25) is 14.4 Å². The highest BCUT2D eigenvalue weighted by atomic mass is 16.5. The molecule has 0 spiro atoms. The van der Waals surface area contributed by atoms with Crippen molar-refractivity contribution in [2.75, 3.05) is 18.1 Å². The van der Waals surface area contributed by atoms with E-state index in [1.165, 1.54) is 10.6 Å². The summed E-state index contributed by atoms with van der Waals surface area (Å²) in [5, 5.41) is 0. The summed E-state index contributed by atoms with van der Waals surface area (Å²) in [5.74, 6) is 0.254. The molecule has 1 aromatic carbocycles. The van der Waals surface area contributed by atoms with Gasteiger partial charge in [-0.2, -0.15) is 0 Å². The minimum atomic E-state index is -0.222. The average Bonchev–Trinajstić information content (AvgIpc) is 2.57. The molecule has 0 radical (unpaired) electrons. The fourth-order valence-corrected chi connectivity index (χ4v) is 2.74. The van der Waals surface area contributed by atoms with Crippen LogP contribution in [0.4, 0.5) is 5.69 Å². The van der Waals surface area contributed by atoms with Crippen molar-refractivity contribution in [2.45, 2.75) is 20.4 Å². The molecule has 1 amide bonds. The SMILES string of the molecule is CCN1C(=O)COc2ccc(C(=O)Cn3cc(C)ccc3=O)cc21. The molecule has 0 saturated carbocycles. The number of aromatic nitrogens is 1. The van der Waals surface area contributed by atoms with Crippen LogP contribution >= 0.6 is 0 Å². The van der Waals surface area contributed by atoms with Gasteiger partial charge in [0.25, 0.3) is 11.5 Å². The molecule has 0 N–H and O–H groups in total. The number of pyridine rings is 1. The van der Waals surface area contributed by atoms with E-state index in [0.717, 1.165) is 5.56 Å². The smallest absolute Gasteiger partial charge is 0.265 e. The number of benzene rings is 1. The standard InChI is InChI=1S/C18H18N2O4/c1-3-20-14-8-13(5-6-16(14)24-11-18(20)23)15(21)10-19-9-12(2)4-7-17(19)22/h4-9H,3,10-11H2,1-2H3. The predicted octanol–water partition coefficient (Wildman–Crippen LogP) is 1.78. The van der Waals surface area contributed by atoms with E-state index in [1.807, 2.05) is 13.8 Å². The van der Waals surface area contributed by atoms with Gasteiger partial charge in [-0.15, -0.1) is 0 Å². The number of amides is 1. The molecule has 1 aromatic heterocycles. The van der Waals surface area contributed by atoms with Gasteiger partial charge >= 0.3 is 0 Å². The lowest BCUT2D eigenvalue weighted by molar-refractivity contribution is -0.121. The first kappa shape index (κ1) is 16.0. The second kappa shape index (κ2) is 6.31.